The van der Waals surface area contributed by atoms with Crippen molar-refractivity contribution in [1.82, 2.24) is 0 Å². The van der Waals surface area contributed by atoms with Crippen LogP contribution in [0.25, 0.3) is 22.3 Å². The van der Waals surface area contributed by atoms with Crippen LogP contribution in [0.2, 0.25) is 5.02 Å². The van der Waals surface area contributed by atoms with Crippen LogP contribution >= 0.6 is 11.6 Å². The van der Waals surface area contributed by atoms with Gasteiger partial charge in [0.05, 0.1) is 7.11 Å². The molecule has 0 bridgehead atoms. The van der Waals surface area contributed by atoms with E-state index in [0.29, 0.717) is 10.8 Å². The fraction of sp³-hybridized carbons (Fsp3) is 0.0667. The van der Waals surface area contributed by atoms with Crippen molar-refractivity contribution < 1.29 is 9.15 Å². The first-order valence-electron chi connectivity index (χ1n) is 5.52. The summed E-state index contributed by atoms with van der Waals surface area (Å²) in [5.41, 5.74) is 1.71. The van der Waals surface area contributed by atoms with Gasteiger partial charge in [-0.25, -0.2) is 0 Å². The van der Waals surface area contributed by atoms with Crippen molar-refractivity contribution in [1.29, 1.82) is 0 Å². The molecule has 2 aromatic carbocycles. The molecular formula is C15H10ClO2. The van der Waals surface area contributed by atoms with Crippen LogP contribution in [-0.4, -0.2) is 7.11 Å². The van der Waals surface area contributed by atoms with Crippen LogP contribution in [0.15, 0.2) is 46.9 Å². The van der Waals surface area contributed by atoms with Crippen LogP contribution in [0.1, 0.15) is 0 Å². The molecule has 89 valence electrons. The Bertz CT molecular complexity index is 683. The lowest BCUT2D eigenvalue weighted by atomic mass is 10.1. The minimum absolute atomic E-state index is 0.659. The average molecular weight is 258 g/mol. The summed E-state index contributed by atoms with van der Waals surface area (Å²) in [6.07, 6.45) is 0. The highest BCUT2D eigenvalue weighted by Crippen LogP contribution is 2.29. The van der Waals surface area contributed by atoms with E-state index in [0.717, 1.165) is 22.3 Å². The lowest BCUT2D eigenvalue weighted by Crippen LogP contribution is -1.81. The number of benzene rings is 2. The third-order valence-corrected chi connectivity index (χ3v) is 2.99. The third-order valence-electron chi connectivity index (χ3n) is 2.76. The van der Waals surface area contributed by atoms with Gasteiger partial charge in [0.25, 0.3) is 0 Å². The molecule has 0 aliphatic heterocycles. The normalized spacial score (nSPS) is 10.8. The van der Waals surface area contributed by atoms with Crippen molar-refractivity contribution in [3.63, 3.8) is 0 Å². The van der Waals surface area contributed by atoms with Crippen LogP contribution in [0.4, 0.5) is 0 Å². The molecule has 0 unspecified atom stereocenters. The van der Waals surface area contributed by atoms with Crippen LogP contribution in [0.5, 0.6) is 5.75 Å². The van der Waals surface area contributed by atoms with E-state index in [1.165, 1.54) is 0 Å². The standard InChI is InChI=1S/C15H10ClO2/c1-17-13-6-3-10(4-7-13)14-8-11-2-5-12(16)9-15(11)18-14/h2-7,9H,1H3. The zero-order chi connectivity index (χ0) is 12.5. The van der Waals surface area contributed by atoms with Gasteiger partial charge in [0.2, 0.25) is 0 Å². The molecule has 2 nitrogen and oxygen atoms in total. The van der Waals surface area contributed by atoms with Crippen molar-refractivity contribution in [3.05, 3.63) is 53.6 Å². The van der Waals surface area contributed by atoms with E-state index in [-0.39, 0.29) is 0 Å². The molecular weight excluding hydrogens is 248 g/mol. The Morgan fingerprint density at radius 2 is 1.89 bits per heavy atom. The number of halogens is 1. The van der Waals surface area contributed by atoms with Gasteiger partial charge in [0.1, 0.15) is 17.1 Å². The molecule has 3 rings (SSSR count). The summed E-state index contributed by atoms with van der Waals surface area (Å²) >= 11 is 5.92. The first kappa shape index (κ1) is 11.2. The molecule has 0 fully saturated rings. The largest absolute Gasteiger partial charge is 0.497 e. The zero-order valence-electron chi connectivity index (χ0n) is 9.74. The van der Waals surface area contributed by atoms with E-state index in [2.05, 4.69) is 6.07 Å². The summed E-state index contributed by atoms with van der Waals surface area (Å²) in [4.78, 5) is 0. The molecule has 0 saturated heterocycles. The smallest absolute Gasteiger partial charge is 0.143 e. The quantitative estimate of drug-likeness (QED) is 0.671. The highest BCUT2D eigenvalue weighted by molar-refractivity contribution is 6.31. The van der Waals surface area contributed by atoms with Crippen LogP contribution in [0, 0.1) is 6.07 Å². The number of fused-ring (bicyclic) bond motifs is 1. The first-order valence-corrected chi connectivity index (χ1v) is 5.90. The Labute approximate surface area is 110 Å². The second-order valence-corrected chi connectivity index (χ2v) is 4.36. The van der Waals surface area contributed by atoms with E-state index in [9.17, 15) is 0 Å². The average Bonchev–Trinajstić information content (AvgIpc) is 2.81. The molecule has 1 heterocycles. The lowest BCUT2D eigenvalue weighted by molar-refractivity contribution is 0.415. The monoisotopic (exact) mass is 257 g/mol. The minimum atomic E-state index is 0.659. The van der Waals surface area contributed by atoms with Gasteiger partial charge in [-0.2, -0.15) is 0 Å². The summed E-state index contributed by atoms with van der Waals surface area (Å²) in [6, 6.07) is 16.4. The molecule has 1 aromatic heterocycles. The highest BCUT2D eigenvalue weighted by Gasteiger charge is 2.07. The second-order valence-electron chi connectivity index (χ2n) is 3.93. The maximum Gasteiger partial charge on any atom is 0.143 e. The van der Waals surface area contributed by atoms with Gasteiger partial charge in [0, 0.05) is 28.1 Å². The molecule has 3 aromatic rings. The minimum Gasteiger partial charge on any atom is -0.497 e. The third kappa shape index (κ3) is 1.95. The Morgan fingerprint density at radius 3 is 2.61 bits per heavy atom. The van der Waals surface area contributed by atoms with E-state index >= 15 is 0 Å². The van der Waals surface area contributed by atoms with Crippen molar-refractivity contribution in [2.24, 2.45) is 0 Å². The van der Waals surface area contributed by atoms with Gasteiger partial charge in [0.15, 0.2) is 0 Å². The predicted molar refractivity (Wildman–Crippen MR) is 72.0 cm³/mol. The van der Waals surface area contributed by atoms with Crippen molar-refractivity contribution in [2.75, 3.05) is 7.11 Å². The topological polar surface area (TPSA) is 22.4 Å². The summed E-state index contributed by atoms with van der Waals surface area (Å²) < 4.78 is 10.8. The summed E-state index contributed by atoms with van der Waals surface area (Å²) in [5.74, 6) is 1.52. The molecule has 0 N–H and O–H groups in total. The Morgan fingerprint density at radius 1 is 1.11 bits per heavy atom. The Kier molecular flexibility index (Phi) is 2.73. The number of hydrogen-bond donors (Lipinski definition) is 0. The fourth-order valence-electron chi connectivity index (χ4n) is 1.82. The van der Waals surface area contributed by atoms with Gasteiger partial charge in [-0.05, 0) is 36.4 Å². The highest BCUT2D eigenvalue weighted by atomic mass is 35.5. The summed E-state index contributed by atoms with van der Waals surface area (Å²) in [6.45, 7) is 0. The van der Waals surface area contributed by atoms with Gasteiger partial charge in [-0.1, -0.05) is 11.6 Å². The van der Waals surface area contributed by atoms with E-state index in [1.807, 2.05) is 36.4 Å². The van der Waals surface area contributed by atoms with E-state index in [1.54, 1.807) is 13.2 Å². The molecule has 3 heteroatoms. The zero-order valence-corrected chi connectivity index (χ0v) is 10.5. The van der Waals surface area contributed by atoms with Gasteiger partial charge in [-0.15, -0.1) is 0 Å². The van der Waals surface area contributed by atoms with Crippen LogP contribution in [0.3, 0.4) is 0 Å². The summed E-state index contributed by atoms with van der Waals surface area (Å²) in [5, 5.41) is 1.58. The van der Waals surface area contributed by atoms with Gasteiger partial charge in [-0.3, -0.25) is 0 Å². The summed E-state index contributed by atoms with van der Waals surface area (Å²) in [7, 11) is 1.64. The molecule has 0 atom stereocenters. The van der Waals surface area contributed by atoms with Crippen molar-refractivity contribution in [2.45, 2.75) is 0 Å². The van der Waals surface area contributed by atoms with E-state index in [4.69, 9.17) is 20.8 Å². The van der Waals surface area contributed by atoms with Crippen molar-refractivity contribution in [3.8, 4) is 17.1 Å². The van der Waals surface area contributed by atoms with E-state index < -0.39 is 0 Å². The molecule has 1 radical (unpaired) electrons. The molecule has 0 aliphatic carbocycles. The number of ether oxygens (including phenoxy) is 1. The fourth-order valence-corrected chi connectivity index (χ4v) is 1.98. The molecule has 0 amide bonds. The second kappa shape index (κ2) is 4.39. The predicted octanol–water partition coefficient (Wildman–Crippen LogP) is 4.56. The number of methoxy groups -OCH3 is 1. The van der Waals surface area contributed by atoms with Crippen LogP contribution in [-0.2, 0) is 0 Å². The van der Waals surface area contributed by atoms with Crippen LogP contribution < -0.4 is 4.74 Å². The number of furan rings is 1. The molecule has 0 spiro atoms. The first-order chi connectivity index (χ1) is 8.76. The Balaban J connectivity index is 2.07. The maximum absolute atomic E-state index is 5.92. The molecule has 0 saturated carbocycles. The van der Waals surface area contributed by atoms with Crippen molar-refractivity contribution >= 4 is 22.6 Å². The SMILES string of the molecule is COc1ccc(-c2[c]c3ccc(Cl)cc3o2)cc1. The maximum atomic E-state index is 5.92. The Hall–Kier alpha value is -1.93. The van der Waals surface area contributed by atoms with Gasteiger partial charge >= 0.3 is 0 Å². The molecule has 0 aliphatic rings. The molecule has 18 heavy (non-hydrogen) atoms. The van der Waals surface area contributed by atoms with Gasteiger partial charge < -0.3 is 9.15 Å². The number of hydrogen-bond acceptors (Lipinski definition) is 2. The lowest BCUT2D eigenvalue weighted by Gasteiger charge is -1.99. The number of rotatable bonds is 2.